The average molecular weight is 329 g/mol. The molecule has 5 nitrogen and oxygen atoms in total. The van der Waals surface area contributed by atoms with Crippen LogP contribution in [0.1, 0.15) is 19.3 Å². The zero-order valence-corrected chi connectivity index (χ0v) is 13.0. The lowest BCUT2D eigenvalue weighted by Gasteiger charge is -2.17. The maximum Gasteiger partial charge on any atom is 0.240 e. The highest BCUT2D eigenvalue weighted by Gasteiger charge is 2.37. The summed E-state index contributed by atoms with van der Waals surface area (Å²) in [5.74, 6) is 0.347. The molecule has 3 rings (SSSR count). The van der Waals surface area contributed by atoms with Gasteiger partial charge in [-0.2, -0.15) is 0 Å². The molecule has 1 saturated heterocycles. The van der Waals surface area contributed by atoms with E-state index < -0.39 is 10.0 Å². The third-order valence-electron chi connectivity index (χ3n) is 3.87. The van der Waals surface area contributed by atoms with Gasteiger partial charge in [-0.25, -0.2) is 13.1 Å². The largest absolute Gasteiger partial charge is 0.341 e. The molecule has 1 unspecified atom stereocenters. The monoisotopic (exact) mass is 328 g/mol. The number of amides is 1. The first-order valence-corrected chi connectivity index (χ1v) is 8.88. The zero-order chi connectivity index (χ0) is 15.0. The lowest BCUT2D eigenvalue weighted by molar-refractivity contribution is -0.131. The second-order valence-electron chi connectivity index (χ2n) is 5.62. The van der Waals surface area contributed by atoms with Gasteiger partial charge >= 0.3 is 0 Å². The molecule has 1 aromatic rings. The molecule has 1 saturated carbocycles. The minimum absolute atomic E-state index is 0.170. The van der Waals surface area contributed by atoms with Crippen LogP contribution in [0, 0.1) is 5.92 Å². The van der Waals surface area contributed by atoms with Gasteiger partial charge in [-0.05, 0) is 43.5 Å². The second-order valence-corrected chi connectivity index (χ2v) is 7.77. The molecule has 0 bridgehead atoms. The number of carbonyl (C=O) groups is 1. The molecule has 0 spiro atoms. The molecule has 1 aliphatic carbocycles. The van der Waals surface area contributed by atoms with Gasteiger partial charge in [0.2, 0.25) is 15.9 Å². The molecule has 1 atom stereocenters. The number of halogens is 1. The maximum atomic E-state index is 12.3. The average Bonchev–Trinajstić information content (AvgIpc) is 3.19. The van der Waals surface area contributed by atoms with Crippen LogP contribution < -0.4 is 4.72 Å². The molecule has 0 aromatic heterocycles. The van der Waals surface area contributed by atoms with E-state index in [2.05, 4.69) is 4.72 Å². The summed E-state index contributed by atoms with van der Waals surface area (Å²) in [7, 11) is -3.56. The maximum absolute atomic E-state index is 12.3. The summed E-state index contributed by atoms with van der Waals surface area (Å²) in [4.78, 5) is 13.9. The molecular weight excluding hydrogens is 312 g/mol. The van der Waals surface area contributed by atoms with E-state index in [-0.39, 0.29) is 22.8 Å². The van der Waals surface area contributed by atoms with Gasteiger partial charge in [-0.1, -0.05) is 11.6 Å². The smallest absolute Gasteiger partial charge is 0.240 e. The predicted molar refractivity (Wildman–Crippen MR) is 79.5 cm³/mol. The van der Waals surface area contributed by atoms with E-state index in [1.165, 1.54) is 12.1 Å². The lowest BCUT2D eigenvalue weighted by atomic mass is 10.3. The fourth-order valence-electron chi connectivity index (χ4n) is 2.55. The van der Waals surface area contributed by atoms with E-state index in [1.807, 2.05) is 0 Å². The number of sulfonamides is 1. The molecule has 1 N–H and O–H groups in total. The van der Waals surface area contributed by atoms with Gasteiger partial charge < -0.3 is 4.90 Å². The minimum Gasteiger partial charge on any atom is -0.341 e. The molecular formula is C14H17ClN2O3S. The third-order valence-corrected chi connectivity index (χ3v) is 5.66. The van der Waals surface area contributed by atoms with E-state index >= 15 is 0 Å². The van der Waals surface area contributed by atoms with Crippen molar-refractivity contribution >= 4 is 27.5 Å². The van der Waals surface area contributed by atoms with E-state index in [4.69, 9.17) is 11.6 Å². The number of hydrogen-bond donors (Lipinski definition) is 1. The van der Waals surface area contributed by atoms with Gasteiger partial charge in [-0.3, -0.25) is 4.79 Å². The summed E-state index contributed by atoms with van der Waals surface area (Å²) >= 11 is 5.76. The predicted octanol–water partition coefficient (Wildman–Crippen LogP) is 1.63. The van der Waals surface area contributed by atoms with Crippen LogP contribution in [0.5, 0.6) is 0 Å². The van der Waals surface area contributed by atoms with E-state index in [9.17, 15) is 13.2 Å². The zero-order valence-electron chi connectivity index (χ0n) is 11.5. The quantitative estimate of drug-likeness (QED) is 0.913. The first-order chi connectivity index (χ1) is 9.95. The molecule has 1 aromatic carbocycles. The molecule has 114 valence electrons. The first kappa shape index (κ1) is 14.8. The fraction of sp³-hybridized carbons (Fsp3) is 0.500. The summed E-state index contributed by atoms with van der Waals surface area (Å²) in [5.41, 5.74) is 0. The topological polar surface area (TPSA) is 66.5 Å². The highest BCUT2D eigenvalue weighted by molar-refractivity contribution is 7.89. The number of hydrogen-bond acceptors (Lipinski definition) is 3. The molecule has 2 fully saturated rings. The molecule has 21 heavy (non-hydrogen) atoms. The van der Waals surface area contributed by atoms with Crippen molar-refractivity contribution in [1.82, 2.24) is 9.62 Å². The van der Waals surface area contributed by atoms with Crippen molar-refractivity contribution in [3.05, 3.63) is 29.3 Å². The van der Waals surface area contributed by atoms with Crippen LogP contribution >= 0.6 is 11.6 Å². The SMILES string of the molecule is O=C(C1CC1)N1CCC(NS(=O)(=O)c2ccc(Cl)cc2)C1. The van der Waals surface area contributed by atoms with Gasteiger partial charge in [0.15, 0.2) is 0 Å². The molecule has 0 radical (unpaired) electrons. The van der Waals surface area contributed by atoms with Crippen LogP contribution in [0.3, 0.4) is 0 Å². The van der Waals surface area contributed by atoms with E-state index in [0.29, 0.717) is 24.5 Å². The standard InChI is InChI=1S/C14H17ClN2O3S/c15-11-3-5-13(6-4-11)21(19,20)16-12-7-8-17(9-12)14(18)10-1-2-10/h3-6,10,12,16H,1-2,7-9H2. The van der Waals surface area contributed by atoms with Crippen molar-refractivity contribution in [2.45, 2.75) is 30.2 Å². The molecule has 1 amide bonds. The lowest BCUT2D eigenvalue weighted by Crippen LogP contribution is -2.38. The van der Waals surface area contributed by atoms with Crippen LogP contribution in [0.4, 0.5) is 0 Å². The van der Waals surface area contributed by atoms with Gasteiger partial charge in [0, 0.05) is 30.1 Å². The Morgan fingerprint density at radius 2 is 1.86 bits per heavy atom. The van der Waals surface area contributed by atoms with Crippen molar-refractivity contribution < 1.29 is 13.2 Å². The van der Waals surface area contributed by atoms with Crippen LogP contribution in [0.25, 0.3) is 0 Å². The summed E-state index contributed by atoms with van der Waals surface area (Å²) in [6.07, 6.45) is 2.60. The highest BCUT2D eigenvalue weighted by Crippen LogP contribution is 2.32. The Hall–Kier alpha value is -1.11. The highest BCUT2D eigenvalue weighted by atomic mass is 35.5. The van der Waals surface area contributed by atoms with Crippen LogP contribution in [0.2, 0.25) is 5.02 Å². The Morgan fingerprint density at radius 3 is 2.48 bits per heavy atom. The van der Waals surface area contributed by atoms with Crippen LogP contribution in [0.15, 0.2) is 29.2 Å². The Balaban J connectivity index is 1.63. The number of carbonyl (C=O) groups excluding carboxylic acids is 1. The van der Waals surface area contributed by atoms with Gasteiger partial charge in [0.1, 0.15) is 0 Å². The Bertz CT molecular complexity index is 641. The van der Waals surface area contributed by atoms with Crippen molar-refractivity contribution in [2.75, 3.05) is 13.1 Å². The number of likely N-dealkylation sites (tertiary alicyclic amines) is 1. The van der Waals surface area contributed by atoms with Gasteiger partial charge in [0.25, 0.3) is 0 Å². The summed E-state index contributed by atoms with van der Waals surface area (Å²) in [6.45, 7) is 1.09. The first-order valence-electron chi connectivity index (χ1n) is 7.02. The van der Waals surface area contributed by atoms with Crippen molar-refractivity contribution in [3.8, 4) is 0 Å². The Kier molecular flexibility index (Phi) is 3.94. The minimum atomic E-state index is -3.56. The molecule has 1 heterocycles. The number of rotatable bonds is 4. The summed E-state index contributed by atoms with van der Waals surface area (Å²) in [5, 5.41) is 0.496. The number of nitrogens with one attached hydrogen (secondary N) is 1. The van der Waals surface area contributed by atoms with E-state index in [1.54, 1.807) is 17.0 Å². The van der Waals surface area contributed by atoms with Crippen LogP contribution in [-0.4, -0.2) is 38.4 Å². The van der Waals surface area contributed by atoms with Crippen molar-refractivity contribution in [3.63, 3.8) is 0 Å². The van der Waals surface area contributed by atoms with Gasteiger partial charge in [-0.15, -0.1) is 0 Å². The van der Waals surface area contributed by atoms with Crippen molar-refractivity contribution in [2.24, 2.45) is 5.92 Å². The van der Waals surface area contributed by atoms with Crippen LogP contribution in [-0.2, 0) is 14.8 Å². The molecule has 7 heteroatoms. The van der Waals surface area contributed by atoms with E-state index in [0.717, 1.165) is 12.8 Å². The Labute approximate surface area is 129 Å². The van der Waals surface area contributed by atoms with Crippen molar-refractivity contribution in [1.29, 1.82) is 0 Å². The molecule has 2 aliphatic rings. The normalized spacial score (nSPS) is 22.5. The number of benzene rings is 1. The van der Waals surface area contributed by atoms with Gasteiger partial charge in [0.05, 0.1) is 4.90 Å². The fourth-order valence-corrected chi connectivity index (χ4v) is 3.93. The summed E-state index contributed by atoms with van der Waals surface area (Å²) < 4.78 is 27.2. The third kappa shape index (κ3) is 3.39. The number of nitrogens with zero attached hydrogens (tertiary/aromatic N) is 1. The summed E-state index contributed by atoms with van der Waals surface area (Å²) in [6, 6.07) is 5.84. The Morgan fingerprint density at radius 1 is 1.19 bits per heavy atom. The second kappa shape index (κ2) is 5.59. The molecule has 1 aliphatic heterocycles.